The van der Waals surface area contributed by atoms with E-state index in [9.17, 15) is 0 Å². The molecule has 23 heavy (non-hydrogen) atoms. The summed E-state index contributed by atoms with van der Waals surface area (Å²) in [7, 11) is 0. The molecule has 0 saturated heterocycles. The molecule has 0 aromatic carbocycles. The Morgan fingerprint density at radius 3 is 3.13 bits per heavy atom. The van der Waals surface area contributed by atoms with E-state index in [1.165, 1.54) is 23.5 Å². The minimum Gasteiger partial charge on any atom is -0.342 e. The van der Waals surface area contributed by atoms with Crippen LogP contribution in [0.4, 0.5) is 5.82 Å². The highest BCUT2D eigenvalue weighted by molar-refractivity contribution is 7.18. The molecular weight excluding hydrogens is 308 g/mol. The molecule has 3 heterocycles. The lowest BCUT2D eigenvalue weighted by atomic mass is 10.0. The number of hydrogen-bond donors (Lipinski definition) is 2. The molecule has 2 N–H and O–H groups in total. The van der Waals surface area contributed by atoms with Crippen molar-refractivity contribution in [2.24, 2.45) is 5.92 Å². The van der Waals surface area contributed by atoms with Crippen molar-refractivity contribution in [2.45, 2.75) is 32.1 Å². The van der Waals surface area contributed by atoms with Crippen LogP contribution in [0.15, 0.2) is 18.2 Å². The highest BCUT2D eigenvalue weighted by Gasteiger charge is 2.24. The van der Waals surface area contributed by atoms with E-state index in [-0.39, 0.29) is 0 Å². The number of hydrogen-bond acceptors (Lipinski definition) is 6. The fraction of sp³-hybridized carbons (Fsp3) is 0.375. The lowest BCUT2D eigenvalue weighted by molar-refractivity contribution is 0.826. The lowest BCUT2D eigenvalue weighted by Gasteiger charge is -2.14. The second-order valence-corrected chi connectivity index (χ2v) is 7.29. The van der Waals surface area contributed by atoms with E-state index in [1.54, 1.807) is 17.7 Å². The number of rotatable bonds is 4. The molecule has 2 aliphatic carbocycles. The van der Waals surface area contributed by atoms with Gasteiger partial charge in [-0.15, -0.1) is 0 Å². The van der Waals surface area contributed by atoms with Gasteiger partial charge in [0.05, 0.1) is 11.2 Å². The molecule has 0 aliphatic heterocycles. The topological polar surface area (TPSA) is 79.4 Å². The van der Waals surface area contributed by atoms with Crippen molar-refractivity contribution < 1.29 is 0 Å². The summed E-state index contributed by atoms with van der Waals surface area (Å²) in [6.45, 7) is 0. The second-order valence-electron chi connectivity index (χ2n) is 6.23. The smallest absolute Gasteiger partial charge is 0.161 e. The largest absolute Gasteiger partial charge is 0.342 e. The van der Waals surface area contributed by atoms with Gasteiger partial charge in [0.2, 0.25) is 0 Å². The summed E-state index contributed by atoms with van der Waals surface area (Å²) in [4.78, 5) is 14.5. The molecule has 0 spiro atoms. The molecule has 0 amide bonds. The van der Waals surface area contributed by atoms with Gasteiger partial charge < -0.3 is 5.32 Å². The summed E-state index contributed by atoms with van der Waals surface area (Å²) in [5, 5.41) is 11.8. The van der Waals surface area contributed by atoms with Crippen molar-refractivity contribution in [3.05, 3.63) is 34.5 Å². The highest BCUT2D eigenvalue weighted by Crippen LogP contribution is 2.35. The van der Waals surface area contributed by atoms with E-state index < -0.39 is 0 Å². The van der Waals surface area contributed by atoms with Gasteiger partial charge in [-0.1, -0.05) is 11.3 Å². The van der Waals surface area contributed by atoms with Gasteiger partial charge in [0, 0.05) is 23.4 Å². The van der Waals surface area contributed by atoms with Crippen LogP contribution in [0.3, 0.4) is 0 Å². The second kappa shape index (κ2) is 5.13. The van der Waals surface area contributed by atoms with Gasteiger partial charge in [-0.2, -0.15) is 5.10 Å². The van der Waals surface area contributed by atoms with Gasteiger partial charge >= 0.3 is 0 Å². The third-order valence-electron chi connectivity index (χ3n) is 4.40. The van der Waals surface area contributed by atoms with Crippen molar-refractivity contribution in [1.29, 1.82) is 0 Å². The number of aryl methyl sites for hydroxylation is 1. The molecule has 5 rings (SSSR count). The van der Waals surface area contributed by atoms with E-state index in [1.807, 2.05) is 6.20 Å². The number of fused-ring (bicyclic) bond motifs is 2. The molecule has 2 aliphatic rings. The Kier molecular flexibility index (Phi) is 2.94. The maximum atomic E-state index is 4.78. The van der Waals surface area contributed by atoms with Crippen LogP contribution in [0.25, 0.3) is 16.4 Å². The molecule has 0 bridgehead atoms. The van der Waals surface area contributed by atoms with Crippen molar-refractivity contribution in [1.82, 2.24) is 25.1 Å². The fourth-order valence-electron chi connectivity index (χ4n) is 2.96. The predicted octanol–water partition coefficient (Wildman–Crippen LogP) is 3.16. The summed E-state index contributed by atoms with van der Waals surface area (Å²) in [5.41, 5.74) is 4.39. The van der Waals surface area contributed by atoms with Crippen LogP contribution >= 0.6 is 11.3 Å². The molecule has 3 aromatic rings. The molecule has 116 valence electrons. The number of nitrogens with zero attached hydrogens (tertiary/aromatic N) is 4. The van der Waals surface area contributed by atoms with Crippen LogP contribution in [0, 0.1) is 5.92 Å². The lowest BCUT2D eigenvalue weighted by Crippen LogP contribution is -2.07. The standard InChI is InChI=1S/C16H16N6S/c1-2-9(1)5-13-21-14-15(17-8-18-16(14)23-13)20-11-3-4-12-10(6-11)7-19-22-12/h6-9H,1-5H2,(H,19,22)(H,17,18,20). The molecule has 0 unspecified atom stereocenters. The van der Waals surface area contributed by atoms with Gasteiger partial charge in [-0.05, 0) is 37.7 Å². The van der Waals surface area contributed by atoms with E-state index in [0.717, 1.165) is 52.6 Å². The SMILES string of the molecule is C1=C(Nc2ncnc3sc(CC4CC4)nc23)CCc2[nH]ncc21. The van der Waals surface area contributed by atoms with E-state index in [0.29, 0.717) is 0 Å². The Hall–Kier alpha value is -2.28. The van der Waals surface area contributed by atoms with Crippen molar-refractivity contribution in [3.63, 3.8) is 0 Å². The molecule has 7 heteroatoms. The Bertz CT molecular complexity index is 904. The summed E-state index contributed by atoms with van der Waals surface area (Å²) >= 11 is 1.70. The summed E-state index contributed by atoms with van der Waals surface area (Å²) in [5.74, 6) is 1.65. The Labute approximate surface area is 137 Å². The zero-order valence-corrected chi connectivity index (χ0v) is 13.4. The van der Waals surface area contributed by atoms with Gasteiger partial charge in [0.25, 0.3) is 0 Å². The molecule has 3 aromatic heterocycles. The first-order chi connectivity index (χ1) is 11.3. The summed E-state index contributed by atoms with van der Waals surface area (Å²) in [6, 6.07) is 0. The first kappa shape index (κ1) is 13.2. The normalized spacial score (nSPS) is 17.1. The first-order valence-corrected chi connectivity index (χ1v) is 8.77. The van der Waals surface area contributed by atoms with Crippen LogP contribution in [0.2, 0.25) is 0 Å². The average molecular weight is 324 g/mol. The molecule has 0 radical (unpaired) electrons. The van der Waals surface area contributed by atoms with Gasteiger partial charge in [-0.3, -0.25) is 5.10 Å². The van der Waals surface area contributed by atoms with E-state index in [2.05, 4.69) is 31.6 Å². The van der Waals surface area contributed by atoms with Crippen LogP contribution in [-0.2, 0) is 12.8 Å². The fourth-order valence-corrected chi connectivity index (χ4v) is 3.98. The third kappa shape index (κ3) is 2.50. The molecule has 1 fully saturated rings. The summed E-state index contributed by atoms with van der Waals surface area (Å²) in [6.07, 6.45) is 11.3. The number of anilines is 1. The summed E-state index contributed by atoms with van der Waals surface area (Å²) < 4.78 is 0. The minimum absolute atomic E-state index is 0.812. The molecular formula is C16H16N6S. The van der Waals surface area contributed by atoms with Gasteiger partial charge in [0.15, 0.2) is 5.82 Å². The Balaban J connectivity index is 1.47. The zero-order chi connectivity index (χ0) is 15.2. The maximum absolute atomic E-state index is 4.78. The monoisotopic (exact) mass is 324 g/mol. The average Bonchev–Trinajstić information content (AvgIpc) is 3.08. The van der Waals surface area contributed by atoms with Crippen LogP contribution in [0.1, 0.15) is 35.5 Å². The van der Waals surface area contributed by atoms with E-state index in [4.69, 9.17) is 4.98 Å². The number of H-pyrrole nitrogens is 1. The van der Waals surface area contributed by atoms with Crippen LogP contribution < -0.4 is 5.32 Å². The number of nitrogens with one attached hydrogen (secondary N) is 2. The van der Waals surface area contributed by atoms with Crippen LogP contribution in [-0.4, -0.2) is 25.1 Å². The van der Waals surface area contributed by atoms with Crippen molar-refractivity contribution >= 4 is 33.6 Å². The van der Waals surface area contributed by atoms with Crippen molar-refractivity contribution in [3.8, 4) is 0 Å². The maximum Gasteiger partial charge on any atom is 0.161 e. The molecule has 1 saturated carbocycles. The van der Waals surface area contributed by atoms with Crippen molar-refractivity contribution in [2.75, 3.05) is 5.32 Å². The quantitative estimate of drug-likeness (QED) is 0.770. The number of aromatic amines is 1. The first-order valence-electron chi connectivity index (χ1n) is 7.95. The highest BCUT2D eigenvalue weighted by atomic mass is 32.1. The molecule has 0 atom stereocenters. The minimum atomic E-state index is 0.812. The number of allylic oxidation sites excluding steroid dienone is 1. The van der Waals surface area contributed by atoms with Gasteiger partial charge in [-0.25, -0.2) is 15.0 Å². The molecule has 6 nitrogen and oxygen atoms in total. The number of aromatic nitrogens is 5. The third-order valence-corrected chi connectivity index (χ3v) is 5.39. The predicted molar refractivity (Wildman–Crippen MR) is 90.1 cm³/mol. The Morgan fingerprint density at radius 1 is 1.26 bits per heavy atom. The Morgan fingerprint density at radius 2 is 2.22 bits per heavy atom. The van der Waals surface area contributed by atoms with Gasteiger partial charge in [0.1, 0.15) is 16.7 Å². The van der Waals surface area contributed by atoms with Crippen LogP contribution in [0.5, 0.6) is 0 Å². The number of thiazole rings is 1. The zero-order valence-electron chi connectivity index (χ0n) is 12.5. The van der Waals surface area contributed by atoms with E-state index >= 15 is 0 Å².